The molecule has 0 atom stereocenters. The lowest BCUT2D eigenvalue weighted by Crippen LogP contribution is -2.11. The number of anilines is 1. The van der Waals surface area contributed by atoms with E-state index in [1.807, 2.05) is 0 Å². The molecule has 108 valence electrons. The van der Waals surface area contributed by atoms with Crippen molar-refractivity contribution in [1.29, 1.82) is 0 Å². The molecule has 0 aliphatic rings. The van der Waals surface area contributed by atoms with Crippen molar-refractivity contribution in [3.63, 3.8) is 0 Å². The van der Waals surface area contributed by atoms with Gasteiger partial charge in [-0.3, -0.25) is 0 Å². The number of hydrogen-bond acceptors (Lipinski definition) is 6. The van der Waals surface area contributed by atoms with Gasteiger partial charge in [0.15, 0.2) is 6.33 Å². The summed E-state index contributed by atoms with van der Waals surface area (Å²) in [6, 6.07) is 5.11. The molecule has 0 fully saturated rings. The van der Waals surface area contributed by atoms with Crippen LogP contribution in [-0.2, 0) is 16.3 Å². The molecule has 0 radical (unpaired) electrons. The van der Waals surface area contributed by atoms with E-state index in [-0.39, 0.29) is 0 Å². The van der Waals surface area contributed by atoms with Gasteiger partial charge in [-0.15, -0.1) is 0 Å². The monoisotopic (exact) mass is 303 g/mol. The topological polar surface area (TPSA) is 85.1 Å². The fraction of sp³-hybridized carbons (Fsp3) is 0.273. The van der Waals surface area contributed by atoms with Crippen molar-refractivity contribution >= 4 is 15.5 Å². The van der Waals surface area contributed by atoms with Gasteiger partial charge >= 0.3 is 5.76 Å². The molecule has 0 spiro atoms. The van der Waals surface area contributed by atoms with Crippen molar-refractivity contribution in [2.45, 2.75) is 17.1 Å². The molecule has 0 aliphatic heterocycles. The number of alkyl halides is 2. The van der Waals surface area contributed by atoms with Gasteiger partial charge in [0.1, 0.15) is 0 Å². The van der Waals surface area contributed by atoms with Crippen LogP contribution in [0.5, 0.6) is 0 Å². The van der Waals surface area contributed by atoms with Crippen LogP contribution in [0.2, 0.25) is 0 Å². The molecule has 0 aliphatic carbocycles. The van der Waals surface area contributed by atoms with Crippen LogP contribution in [0.25, 0.3) is 0 Å². The first-order valence-electron chi connectivity index (χ1n) is 5.61. The van der Waals surface area contributed by atoms with E-state index in [0.29, 0.717) is 24.5 Å². The highest BCUT2D eigenvalue weighted by molar-refractivity contribution is 7.91. The van der Waals surface area contributed by atoms with Crippen LogP contribution in [0.1, 0.15) is 5.89 Å². The van der Waals surface area contributed by atoms with E-state index < -0.39 is 20.5 Å². The molecule has 2 aromatic rings. The Hall–Kier alpha value is -2.03. The number of nitrogens with one attached hydrogen (secondary N) is 1. The van der Waals surface area contributed by atoms with Crippen molar-refractivity contribution in [3.8, 4) is 0 Å². The Morgan fingerprint density at radius 3 is 2.50 bits per heavy atom. The molecule has 1 aromatic carbocycles. The second-order valence-corrected chi connectivity index (χ2v) is 5.76. The van der Waals surface area contributed by atoms with Crippen molar-refractivity contribution in [2.75, 3.05) is 11.9 Å². The second kappa shape index (κ2) is 5.95. The third-order valence-electron chi connectivity index (χ3n) is 2.49. The van der Waals surface area contributed by atoms with Crippen molar-refractivity contribution in [2.24, 2.45) is 0 Å². The highest BCUT2D eigenvalue weighted by atomic mass is 32.2. The van der Waals surface area contributed by atoms with E-state index in [4.69, 9.17) is 4.52 Å². The van der Waals surface area contributed by atoms with Gasteiger partial charge in [-0.25, -0.2) is 8.42 Å². The lowest BCUT2D eigenvalue weighted by Gasteiger charge is -2.06. The molecule has 9 heteroatoms. The largest absolute Gasteiger partial charge is 0.385 e. The Balaban J connectivity index is 1.95. The first-order chi connectivity index (χ1) is 9.50. The van der Waals surface area contributed by atoms with Crippen molar-refractivity contribution in [3.05, 3.63) is 36.5 Å². The summed E-state index contributed by atoms with van der Waals surface area (Å²) in [5.41, 5.74) is 0.609. The van der Waals surface area contributed by atoms with Crippen molar-refractivity contribution < 1.29 is 21.7 Å². The van der Waals surface area contributed by atoms with Gasteiger partial charge in [0.25, 0.3) is 0 Å². The van der Waals surface area contributed by atoms with Gasteiger partial charge in [0.2, 0.25) is 15.7 Å². The highest BCUT2D eigenvalue weighted by Gasteiger charge is 2.26. The van der Waals surface area contributed by atoms with E-state index in [9.17, 15) is 17.2 Å². The highest BCUT2D eigenvalue weighted by Crippen LogP contribution is 2.20. The van der Waals surface area contributed by atoms with Gasteiger partial charge in [-0.2, -0.15) is 13.8 Å². The van der Waals surface area contributed by atoms with Gasteiger partial charge in [-0.05, 0) is 24.3 Å². The number of rotatable bonds is 6. The molecule has 2 rings (SSSR count). The lowest BCUT2D eigenvalue weighted by atomic mass is 10.3. The number of halogens is 2. The minimum atomic E-state index is -4.54. The average molecular weight is 303 g/mol. The first-order valence-corrected chi connectivity index (χ1v) is 7.16. The fourth-order valence-electron chi connectivity index (χ4n) is 1.49. The van der Waals surface area contributed by atoms with E-state index >= 15 is 0 Å². The van der Waals surface area contributed by atoms with Gasteiger partial charge in [0, 0.05) is 18.7 Å². The second-order valence-electron chi connectivity index (χ2n) is 3.84. The van der Waals surface area contributed by atoms with Crippen LogP contribution < -0.4 is 5.32 Å². The van der Waals surface area contributed by atoms with E-state index in [1.54, 1.807) is 0 Å². The molecule has 0 saturated carbocycles. The number of sulfone groups is 1. The summed E-state index contributed by atoms with van der Waals surface area (Å²) in [6.45, 7) is 0.489. The summed E-state index contributed by atoms with van der Waals surface area (Å²) >= 11 is 0. The molecule has 1 N–H and O–H groups in total. The third-order valence-corrected chi connectivity index (χ3v) is 3.89. The van der Waals surface area contributed by atoms with Crippen LogP contribution >= 0.6 is 0 Å². The van der Waals surface area contributed by atoms with E-state index in [0.717, 1.165) is 12.1 Å². The molecule has 0 amide bonds. The van der Waals surface area contributed by atoms with Crippen LogP contribution in [0.4, 0.5) is 14.5 Å². The molecular weight excluding hydrogens is 292 g/mol. The summed E-state index contributed by atoms with van der Waals surface area (Å²) < 4.78 is 51.9. The molecule has 6 nitrogen and oxygen atoms in total. The van der Waals surface area contributed by atoms with Crippen LogP contribution in [0, 0.1) is 0 Å². The van der Waals surface area contributed by atoms with E-state index in [1.165, 1.54) is 18.5 Å². The number of nitrogens with zero attached hydrogens (tertiary/aromatic N) is 2. The van der Waals surface area contributed by atoms with Gasteiger partial charge in [0.05, 0.1) is 4.90 Å². The summed E-state index contributed by atoms with van der Waals surface area (Å²) in [5, 5.41) is 6.43. The predicted molar refractivity (Wildman–Crippen MR) is 66.1 cm³/mol. The zero-order valence-electron chi connectivity index (χ0n) is 10.2. The Bertz CT molecular complexity index is 642. The van der Waals surface area contributed by atoms with Gasteiger partial charge < -0.3 is 9.84 Å². The normalized spacial score (nSPS) is 11.8. The van der Waals surface area contributed by atoms with Crippen molar-refractivity contribution in [1.82, 2.24) is 10.1 Å². The number of aromatic nitrogens is 2. The van der Waals surface area contributed by atoms with Crippen LogP contribution in [0.3, 0.4) is 0 Å². The standard InChI is InChI=1S/C11H11F2N3O3S/c12-11(13)20(17,18)9-3-1-8(2-4-9)14-6-5-10-15-7-16-19-10/h1-4,7,11,14H,5-6H2. The fourth-order valence-corrected chi connectivity index (χ4v) is 2.21. The SMILES string of the molecule is O=S(=O)(c1ccc(NCCc2ncno2)cc1)C(F)F. The Morgan fingerprint density at radius 1 is 1.25 bits per heavy atom. The van der Waals surface area contributed by atoms with Gasteiger partial charge in [-0.1, -0.05) is 5.16 Å². The molecule has 0 bridgehead atoms. The summed E-state index contributed by atoms with van der Waals surface area (Å²) in [7, 11) is -4.54. The van der Waals surface area contributed by atoms with Crippen LogP contribution in [-0.4, -0.2) is 30.9 Å². The third kappa shape index (κ3) is 3.29. The quantitative estimate of drug-likeness (QED) is 0.874. The smallest absolute Gasteiger partial charge is 0.341 e. The minimum absolute atomic E-state index is 0.407. The van der Waals surface area contributed by atoms with Crippen LogP contribution in [0.15, 0.2) is 40.0 Å². The number of benzene rings is 1. The maximum Gasteiger partial charge on any atom is 0.341 e. The Morgan fingerprint density at radius 2 is 1.95 bits per heavy atom. The molecule has 0 saturated heterocycles. The molecule has 0 unspecified atom stereocenters. The average Bonchev–Trinajstić information content (AvgIpc) is 2.92. The van der Waals surface area contributed by atoms with E-state index in [2.05, 4.69) is 15.5 Å². The summed E-state index contributed by atoms with van der Waals surface area (Å²) in [4.78, 5) is 3.43. The Labute approximate surface area is 113 Å². The first kappa shape index (κ1) is 14.4. The molecular formula is C11H11F2N3O3S. The Kier molecular flexibility index (Phi) is 4.28. The predicted octanol–water partition coefficient (Wildman–Crippen LogP) is 1.72. The minimum Gasteiger partial charge on any atom is -0.385 e. The molecule has 20 heavy (non-hydrogen) atoms. The maximum absolute atomic E-state index is 12.3. The summed E-state index contributed by atoms with van der Waals surface area (Å²) in [6.07, 6.45) is 1.79. The number of hydrogen-bond donors (Lipinski definition) is 1. The lowest BCUT2D eigenvalue weighted by molar-refractivity contribution is 0.234. The zero-order valence-corrected chi connectivity index (χ0v) is 11.0. The zero-order chi connectivity index (χ0) is 14.6. The maximum atomic E-state index is 12.3. The molecule has 1 heterocycles. The molecule has 1 aromatic heterocycles. The summed E-state index contributed by atoms with van der Waals surface area (Å²) in [5.74, 6) is -2.95.